The molecule has 3 rings (SSSR count). The summed E-state index contributed by atoms with van der Waals surface area (Å²) in [5, 5.41) is 7.01. The average molecular weight is 391 g/mol. The van der Waals surface area contributed by atoms with E-state index in [4.69, 9.17) is 16.6 Å². The van der Waals surface area contributed by atoms with Crippen molar-refractivity contribution in [3.8, 4) is 0 Å². The Kier molecular flexibility index (Phi) is 4.48. The van der Waals surface area contributed by atoms with E-state index in [0.717, 1.165) is 0 Å². The zero-order chi connectivity index (χ0) is 19.0. The molecule has 0 saturated heterocycles. The van der Waals surface area contributed by atoms with Gasteiger partial charge in [-0.15, -0.1) is 0 Å². The maximum absolute atomic E-state index is 10.8. The van der Waals surface area contributed by atoms with Gasteiger partial charge < -0.3 is 26.1 Å². The van der Waals surface area contributed by atoms with E-state index in [9.17, 15) is 14.7 Å². The van der Waals surface area contributed by atoms with Gasteiger partial charge in [0.25, 0.3) is 6.72 Å². The molecule has 138 valence electrons. The van der Waals surface area contributed by atoms with Crippen molar-refractivity contribution >= 4 is 26.6 Å². The SMILES string of the molecule is Nc1cccc(S(N)(c2ccccc2)(c2ccccc2)=P(O)(O)O)c1N. The number of benzene rings is 3. The van der Waals surface area contributed by atoms with Crippen LogP contribution in [0.2, 0.25) is 0 Å². The third-order valence-electron chi connectivity index (χ3n) is 4.49. The summed E-state index contributed by atoms with van der Waals surface area (Å²) in [5.74, 6) is 0. The lowest BCUT2D eigenvalue weighted by Crippen LogP contribution is -2.44. The quantitative estimate of drug-likeness (QED) is 0.300. The lowest BCUT2D eigenvalue weighted by molar-refractivity contribution is 0.361. The molecule has 3 aromatic rings. The van der Waals surface area contributed by atoms with Gasteiger partial charge in [0.1, 0.15) is 0 Å². The maximum atomic E-state index is 10.8. The van der Waals surface area contributed by atoms with Crippen LogP contribution in [0.25, 0.3) is 0 Å². The standard InChI is InChI=1S/C18H22N3O3PS/c19-16-12-7-13-17(18(16)20)26(21,25(22,23)24,14-8-3-1-4-9-14)15-10-5-2-6-11-15/h1-13,22-24H,19-21H2. The largest absolute Gasteiger partial charge is 0.397 e. The molecule has 0 heterocycles. The first kappa shape index (κ1) is 18.7. The predicted octanol–water partition coefficient (Wildman–Crippen LogP) is 2.55. The van der Waals surface area contributed by atoms with E-state index in [0.29, 0.717) is 9.79 Å². The van der Waals surface area contributed by atoms with Crippen molar-refractivity contribution in [1.29, 1.82) is 0 Å². The lowest BCUT2D eigenvalue weighted by Gasteiger charge is -2.50. The molecule has 0 fully saturated rings. The lowest BCUT2D eigenvalue weighted by atomic mass is 10.3. The minimum Gasteiger partial charge on any atom is -0.397 e. The van der Waals surface area contributed by atoms with Crippen molar-refractivity contribution in [3.05, 3.63) is 78.9 Å². The molecule has 9 N–H and O–H groups in total. The molecular formula is C18H22N3O3PS. The van der Waals surface area contributed by atoms with Crippen LogP contribution in [0, 0.1) is 0 Å². The summed E-state index contributed by atoms with van der Waals surface area (Å²) in [7, 11) is -4.31. The van der Waals surface area contributed by atoms with Crippen molar-refractivity contribution < 1.29 is 14.7 Å². The molecule has 26 heavy (non-hydrogen) atoms. The van der Waals surface area contributed by atoms with Crippen LogP contribution in [0.1, 0.15) is 0 Å². The Hall–Kier alpha value is -2.12. The van der Waals surface area contributed by atoms with Gasteiger partial charge in [0.15, 0.2) is 0 Å². The highest BCUT2D eigenvalue weighted by atomic mass is 32.6. The molecule has 0 radical (unpaired) electrons. The summed E-state index contributed by atoms with van der Waals surface area (Å²) in [6.07, 6.45) is 0. The molecule has 3 aromatic carbocycles. The molecule has 0 aliphatic rings. The molecule has 8 heteroatoms. The minimum absolute atomic E-state index is 0.117. The molecular weight excluding hydrogens is 369 g/mol. The van der Waals surface area contributed by atoms with Crippen LogP contribution in [0.3, 0.4) is 0 Å². The Labute approximate surface area is 151 Å². The fourth-order valence-electron chi connectivity index (χ4n) is 3.12. The van der Waals surface area contributed by atoms with Crippen LogP contribution >= 0.6 is 6.72 Å². The molecule has 0 amide bonds. The highest BCUT2D eigenvalue weighted by Crippen LogP contribution is 2.65. The number of hydrogen-bond acceptors (Lipinski definition) is 2. The molecule has 0 aromatic heterocycles. The number of para-hydroxylation sites is 1. The molecule has 0 bridgehead atoms. The van der Waals surface area contributed by atoms with Crippen LogP contribution in [0.15, 0.2) is 93.5 Å². The zero-order valence-electron chi connectivity index (χ0n) is 13.9. The van der Waals surface area contributed by atoms with E-state index >= 15 is 0 Å². The van der Waals surface area contributed by atoms with Crippen LogP contribution in [0.4, 0.5) is 11.4 Å². The van der Waals surface area contributed by atoms with E-state index in [1.165, 1.54) is 0 Å². The topological polar surface area (TPSA) is 139 Å². The van der Waals surface area contributed by atoms with Gasteiger partial charge in [0, 0.05) is 14.7 Å². The highest BCUT2D eigenvalue weighted by molar-refractivity contribution is 8.49. The molecule has 0 saturated carbocycles. The maximum Gasteiger partial charge on any atom is 0.285 e. The van der Waals surface area contributed by atoms with Gasteiger partial charge in [-0.05, 0) is 36.4 Å². The van der Waals surface area contributed by atoms with Gasteiger partial charge in [-0.25, -0.2) is 0 Å². The van der Waals surface area contributed by atoms with Gasteiger partial charge in [-0.3, -0.25) is 5.14 Å². The summed E-state index contributed by atoms with van der Waals surface area (Å²) in [6, 6.07) is 21.9. The number of rotatable bonds is 3. The van der Waals surface area contributed by atoms with Gasteiger partial charge in [0.05, 0.1) is 11.4 Å². The molecule has 6 nitrogen and oxygen atoms in total. The predicted molar refractivity (Wildman–Crippen MR) is 108 cm³/mol. The van der Waals surface area contributed by atoms with Crippen LogP contribution in [0.5, 0.6) is 0 Å². The summed E-state index contributed by atoms with van der Waals surface area (Å²) in [6.45, 7) is -4.73. The number of nitrogen functional groups attached to an aromatic ring is 2. The number of hydrogen-bond donors (Lipinski definition) is 6. The molecule has 0 aliphatic heterocycles. The molecule has 0 spiro atoms. The fourth-order valence-corrected chi connectivity index (χ4v) is 10.8. The second-order valence-corrected chi connectivity index (χ2v) is 14.2. The van der Waals surface area contributed by atoms with E-state index in [-0.39, 0.29) is 16.3 Å². The monoisotopic (exact) mass is 391 g/mol. The van der Waals surface area contributed by atoms with Crippen molar-refractivity contribution in [1.82, 2.24) is 0 Å². The normalized spacial score (nSPS) is 13.8. The van der Waals surface area contributed by atoms with Gasteiger partial charge in [-0.2, -0.15) is 0 Å². The fraction of sp³-hybridized carbons (Fsp3) is 0. The Balaban J connectivity index is 2.73. The van der Waals surface area contributed by atoms with E-state index in [2.05, 4.69) is 0 Å². The summed E-state index contributed by atoms with van der Waals surface area (Å²) < 4.78 is 0. The van der Waals surface area contributed by atoms with Gasteiger partial charge in [-0.1, -0.05) is 51.0 Å². The Morgan fingerprint density at radius 1 is 0.654 bits per heavy atom. The summed E-state index contributed by atoms with van der Waals surface area (Å²) >= 11 is 0. The molecule has 0 unspecified atom stereocenters. The molecule has 0 atom stereocenters. The van der Waals surface area contributed by atoms with Crippen LogP contribution in [-0.2, 0) is 8.53 Å². The van der Waals surface area contributed by atoms with Gasteiger partial charge in [0.2, 0.25) is 0 Å². The van der Waals surface area contributed by atoms with Crippen LogP contribution in [-0.4, -0.2) is 14.7 Å². The second-order valence-electron chi connectivity index (χ2n) is 5.94. The van der Waals surface area contributed by atoms with Crippen molar-refractivity contribution in [2.75, 3.05) is 11.5 Å². The zero-order valence-corrected chi connectivity index (χ0v) is 15.6. The third kappa shape index (κ3) is 2.34. The van der Waals surface area contributed by atoms with E-state index in [1.54, 1.807) is 78.9 Å². The van der Waals surface area contributed by atoms with Crippen molar-refractivity contribution in [3.63, 3.8) is 0 Å². The first-order valence-electron chi connectivity index (χ1n) is 7.77. The van der Waals surface area contributed by atoms with Crippen LogP contribution < -0.4 is 16.6 Å². The van der Waals surface area contributed by atoms with Crippen molar-refractivity contribution in [2.45, 2.75) is 14.7 Å². The van der Waals surface area contributed by atoms with Gasteiger partial charge >= 0.3 is 0 Å². The Morgan fingerprint density at radius 3 is 1.54 bits per heavy atom. The van der Waals surface area contributed by atoms with E-state index < -0.39 is 15.2 Å². The summed E-state index contributed by atoms with van der Waals surface area (Å²) in [5.41, 5.74) is 12.6. The Bertz CT molecular complexity index is 998. The highest BCUT2D eigenvalue weighted by Gasteiger charge is 2.46. The first-order chi connectivity index (χ1) is 12.2. The smallest absolute Gasteiger partial charge is 0.285 e. The number of nitrogens with two attached hydrogens (primary N) is 3. The Morgan fingerprint density at radius 2 is 1.12 bits per heavy atom. The number of anilines is 2. The minimum atomic E-state index is -4.73. The summed E-state index contributed by atoms with van der Waals surface area (Å²) in [4.78, 5) is 33.4. The average Bonchev–Trinajstić information content (AvgIpc) is 2.64. The first-order valence-corrected chi connectivity index (χ1v) is 12.1. The third-order valence-corrected chi connectivity index (χ3v) is 14.1. The van der Waals surface area contributed by atoms with E-state index in [1.807, 2.05) is 0 Å². The second kappa shape index (κ2) is 6.25. The molecule has 0 aliphatic carbocycles. The van der Waals surface area contributed by atoms with Crippen molar-refractivity contribution in [2.24, 2.45) is 5.14 Å².